The van der Waals surface area contributed by atoms with E-state index in [0.29, 0.717) is 59.5 Å². The number of nitrogens with one attached hydrogen (secondary N) is 1. The molecule has 0 spiro atoms. The molecule has 1 aliphatic rings. The standard InChI is InChI=1S/C30H29Cl2N5O3/c1-40-27-25(34-37(24-10-6-5-9-23(24)32)26(27)21-11-13-22(31)14-12-21)28(38)35-36-17-15-30(16-18-36,29(33)39)19-20-7-3-2-4-8-20/h2-14H,15-19H2,1H3,(H2,33,39)(H,35,38). The van der Waals surface area contributed by atoms with Gasteiger partial charge in [-0.2, -0.15) is 5.10 Å². The van der Waals surface area contributed by atoms with Crippen molar-refractivity contribution in [1.29, 1.82) is 0 Å². The number of piperidine rings is 1. The van der Waals surface area contributed by atoms with Crippen molar-refractivity contribution in [1.82, 2.24) is 20.2 Å². The van der Waals surface area contributed by atoms with E-state index >= 15 is 0 Å². The van der Waals surface area contributed by atoms with Gasteiger partial charge in [0.2, 0.25) is 5.91 Å². The predicted octanol–water partition coefficient (Wildman–Crippen LogP) is 5.31. The van der Waals surface area contributed by atoms with Crippen LogP contribution in [0, 0.1) is 5.41 Å². The van der Waals surface area contributed by atoms with Gasteiger partial charge < -0.3 is 10.5 Å². The van der Waals surface area contributed by atoms with Gasteiger partial charge in [0.1, 0.15) is 5.69 Å². The number of hydrogen-bond acceptors (Lipinski definition) is 5. The van der Waals surface area contributed by atoms with E-state index in [2.05, 4.69) is 10.5 Å². The van der Waals surface area contributed by atoms with Gasteiger partial charge in [-0.3, -0.25) is 15.0 Å². The summed E-state index contributed by atoms with van der Waals surface area (Å²) in [6.45, 7) is 0.915. The molecule has 0 bridgehead atoms. The van der Waals surface area contributed by atoms with Crippen LogP contribution < -0.4 is 15.9 Å². The lowest BCUT2D eigenvalue weighted by Crippen LogP contribution is -2.53. The number of amides is 2. The van der Waals surface area contributed by atoms with Crippen LogP contribution in [0.15, 0.2) is 78.9 Å². The summed E-state index contributed by atoms with van der Waals surface area (Å²) in [5, 5.41) is 7.49. The third-order valence-electron chi connectivity index (χ3n) is 7.35. The number of halogens is 2. The van der Waals surface area contributed by atoms with Gasteiger partial charge in [-0.15, -0.1) is 0 Å². The fourth-order valence-electron chi connectivity index (χ4n) is 5.14. The maximum atomic E-state index is 13.6. The van der Waals surface area contributed by atoms with Crippen molar-refractivity contribution in [3.05, 3.63) is 100 Å². The maximum absolute atomic E-state index is 13.6. The van der Waals surface area contributed by atoms with Crippen LogP contribution in [0.4, 0.5) is 0 Å². The van der Waals surface area contributed by atoms with E-state index < -0.39 is 11.3 Å². The molecule has 1 aliphatic heterocycles. The third-order valence-corrected chi connectivity index (χ3v) is 7.92. The molecular formula is C30H29Cl2N5O3. The summed E-state index contributed by atoms with van der Waals surface area (Å²) in [6.07, 6.45) is 1.59. The SMILES string of the molecule is COc1c(C(=O)NN2CCC(Cc3ccccc3)(C(N)=O)CC2)nn(-c2ccccc2Cl)c1-c1ccc(Cl)cc1. The number of carbonyl (C=O) groups excluding carboxylic acids is 2. The number of carbonyl (C=O) groups is 2. The van der Waals surface area contributed by atoms with Crippen LogP contribution in [-0.4, -0.2) is 46.8 Å². The summed E-state index contributed by atoms with van der Waals surface area (Å²) in [4.78, 5) is 26.1. The van der Waals surface area contributed by atoms with Crippen LogP contribution in [0.5, 0.6) is 5.75 Å². The van der Waals surface area contributed by atoms with Gasteiger partial charge in [-0.25, -0.2) is 9.69 Å². The molecular weight excluding hydrogens is 549 g/mol. The molecule has 0 unspecified atom stereocenters. The van der Waals surface area contributed by atoms with Crippen LogP contribution in [-0.2, 0) is 11.2 Å². The van der Waals surface area contributed by atoms with E-state index in [0.717, 1.165) is 11.1 Å². The first-order valence-electron chi connectivity index (χ1n) is 12.9. The number of methoxy groups -OCH3 is 1. The van der Waals surface area contributed by atoms with Crippen molar-refractivity contribution in [2.24, 2.45) is 11.1 Å². The second-order valence-corrected chi connectivity index (χ2v) is 10.7. The first-order chi connectivity index (χ1) is 19.3. The number of aromatic nitrogens is 2. The van der Waals surface area contributed by atoms with Gasteiger partial charge in [-0.1, -0.05) is 77.8 Å². The van der Waals surface area contributed by atoms with Gasteiger partial charge in [-0.05, 0) is 49.1 Å². The average Bonchev–Trinajstić information content (AvgIpc) is 3.35. The number of nitrogens with two attached hydrogens (primary N) is 1. The van der Waals surface area contributed by atoms with Gasteiger partial charge in [0.25, 0.3) is 5.91 Å². The van der Waals surface area contributed by atoms with Crippen molar-refractivity contribution in [3.8, 4) is 22.7 Å². The molecule has 2 heterocycles. The molecule has 1 aromatic heterocycles. The Labute approximate surface area is 242 Å². The van der Waals surface area contributed by atoms with Gasteiger partial charge >= 0.3 is 0 Å². The van der Waals surface area contributed by atoms with Crippen molar-refractivity contribution < 1.29 is 14.3 Å². The highest BCUT2D eigenvalue weighted by atomic mass is 35.5. The first-order valence-corrected chi connectivity index (χ1v) is 13.6. The predicted molar refractivity (Wildman–Crippen MR) is 156 cm³/mol. The largest absolute Gasteiger partial charge is 0.492 e. The Bertz CT molecular complexity index is 1510. The number of para-hydroxylation sites is 1. The smallest absolute Gasteiger partial charge is 0.289 e. The summed E-state index contributed by atoms with van der Waals surface area (Å²) < 4.78 is 7.35. The Morgan fingerprint density at radius 3 is 2.25 bits per heavy atom. The first kappa shape index (κ1) is 27.7. The van der Waals surface area contributed by atoms with Crippen LogP contribution in [0.1, 0.15) is 28.9 Å². The number of ether oxygens (including phenoxy) is 1. The lowest BCUT2D eigenvalue weighted by Gasteiger charge is -2.39. The highest BCUT2D eigenvalue weighted by Gasteiger charge is 2.40. The Hall–Kier alpha value is -3.85. The van der Waals surface area contributed by atoms with E-state index in [1.807, 2.05) is 60.7 Å². The highest BCUT2D eigenvalue weighted by molar-refractivity contribution is 6.32. The van der Waals surface area contributed by atoms with Crippen molar-refractivity contribution >= 4 is 35.0 Å². The Kier molecular flexibility index (Phi) is 8.12. The van der Waals surface area contributed by atoms with Crippen LogP contribution >= 0.6 is 23.2 Å². The van der Waals surface area contributed by atoms with E-state index in [1.165, 1.54) is 7.11 Å². The monoisotopic (exact) mass is 577 g/mol. The number of primary amides is 1. The molecule has 5 rings (SSSR count). The number of hydrazine groups is 1. The number of nitrogens with zero attached hydrogens (tertiary/aromatic N) is 3. The van der Waals surface area contributed by atoms with Crippen LogP contribution in [0.3, 0.4) is 0 Å². The summed E-state index contributed by atoms with van der Waals surface area (Å²) in [6, 6.07) is 24.3. The molecule has 10 heteroatoms. The minimum Gasteiger partial charge on any atom is -0.492 e. The minimum absolute atomic E-state index is 0.100. The lowest BCUT2D eigenvalue weighted by molar-refractivity contribution is -0.130. The third kappa shape index (κ3) is 5.56. The lowest BCUT2D eigenvalue weighted by atomic mass is 9.73. The van der Waals surface area contributed by atoms with Gasteiger partial charge in [0, 0.05) is 23.7 Å². The molecule has 0 aliphatic carbocycles. The second-order valence-electron chi connectivity index (χ2n) is 9.84. The minimum atomic E-state index is -0.673. The summed E-state index contributed by atoms with van der Waals surface area (Å²) in [7, 11) is 1.50. The summed E-state index contributed by atoms with van der Waals surface area (Å²) in [5.74, 6) is -0.463. The van der Waals surface area contributed by atoms with Crippen molar-refractivity contribution in [2.75, 3.05) is 20.2 Å². The topological polar surface area (TPSA) is 102 Å². The normalized spacial score (nSPS) is 15.0. The summed E-state index contributed by atoms with van der Waals surface area (Å²) in [5.41, 5.74) is 11.2. The van der Waals surface area contributed by atoms with Crippen LogP contribution in [0.2, 0.25) is 10.0 Å². The zero-order valence-corrected chi connectivity index (χ0v) is 23.5. The van der Waals surface area contributed by atoms with Gasteiger partial charge in [0.05, 0.1) is 23.2 Å². The maximum Gasteiger partial charge on any atom is 0.289 e. The molecule has 0 saturated carbocycles. The molecule has 1 fully saturated rings. The van der Waals surface area contributed by atoms with E-state index in [1.54, 1.807) is 27.9 Å². The van der Waals surface area contributed by atoms with Gasteiger partial charge in [0.15, 0.2) is 11.4 Å². The Balaban J connectivity index is 1.42. The fourth-order valence-corrected chi connectivity index (χ4v) is 5.49. The number of hydrogen-bond donors (Lipinski definition) is 2. The van der Waals surface area contributed by atoms with Crippen LogP contribution in [0.25, 0.3) is 16.9 Å². The molecule has 3 N–H and O–H groups in total. The molecule has 40 heavy (non-hydrogen) atoms. The fraction of sp³-hybridized carbons (Fsp3) is 0.233. The second kappa shape index (κ2) is 11.7. The van der Waals surface area contributed by atoms with E-state index in [9.17, 15) is 9.59 Å². The highest BCUT2D eigenvalue weighted by Crippen LogP contribution is 2.38. The quantitative estimate of drug-likeness (QED) is 0.295. The molecule has 1 saturated heterocycles. The molecule has 2 amide bonds. The summed E-state index contributed by atoms with van der Waals surface area (Å²) >= 11 is 12.7. The van der Waals surface area contributed by atoms with E-state index in [4.69, 9.17) is 33.7 Å². The molecule has 0 radical (unpaired) electrons. The Morgan fingerprint density at radius 2 is 1.62 bits per heavy atom. The molecule has 4 aromatic rings. The molecule has 206 valence electrons. The average molecular weight is 579 g/mol. The number of rotatable bonds is 8. The zero-order chi connectivity index (χ0) is 28.3. The Morgan fingerprint density at radius 1 is 0.975 bits per heavy atom. The van der Waals surface area contributed by atoms with E-state index in [-0.39, 0.29) is 11.6 Å². The van der Waals surface area contributed by atoms with Crippen molar-refractivity contribution in [2.45, 2.75) is 19.3 Å². The molecule has 3 aromatic carbocycles. The number of benzene rings is 3. The molecule has 0 atom stereocenters. The molecule has 8 nitrogen and oxygen atoms in total. The zero-order valence-electron chi connectivity index (χ0n) is 21.9. The van der Waals surface area contributed by atoms with Crippen molar-refractivity contribution in [3.63, 3.8) is 0 Å².